The van der Waals surface area contributed by atoms with Crippen molar-refractivity contribution in [3.8, 4) is 11.1 Å². The number of carbonyl (C=O) groups is 2. The van der Waals surface area contributed by atoms with Crippen LogP contribution < -0.4 is 5.32 Å². The highest BCUT2D eigenvalue weighted by molar-refractivity contribution is 5.79. The third kappa shape index (κ3) is 16.4. The Labute approximate surface area is 285 Å². The lowest BCUT2D eigenvalue weighted by atomic mass is 9.98. The molecule has 0 heterocycles. The molecule has 2 aromatic rings. The third-order valence-corrected chi connectivity index (χ3v) is 7.66. The molecule has 0 aromatic heterocycles. The monoisotopic (exact) mass is 673 g/mol. The number of alkyl carbamates (subject to hydrolysis) is 1. The lowest BCUT2D eigenvalue weighted by Gasteiger charge is -2.14. The van der Waals surface area contributed by atoms with Gasteiger partial charge in [-0.05, 0) is 35.1 Å². The van der Waals surface area contributed by atoms with Gasteiger partial charge in [0.25, 0.3) is 0 Å². The van der Waals surface area contributed by atoms with Gasteiger partial charge >= 0.3 is 12.1 Å². The molecule has 0 atom stereocenters. The average molecular weight is 674 g/mol. The summed E-state index contributed by atoms with van der Waals surface area (Å²) in [5.41, 5.74) is 4.81. The van der Waals surface area contributed by atoms with Crippen LogP contribution in [0.2, 0.25) is 0 Å². The molecule has 48 heavy (non-hydrogen) atoms. The standard InChI is InChI=1S/C37H55NO10/c1-2-3-4-5-15-36(39)47-29-28-46-27-26-45-25-24-44-23-22-43-21-20-42-19-18-41-17-10-16-38-37(40)48-30-35-33-13-8-6-11-31(33)32-12-7-9-14-34(32)35/h6-9,11-14,35H,2-5,10,15-30H2,1H3,(H,38,40). The summed E-state index contributed by atoms with van der Waals surface area (Å²) in [4.78, 5) is 23.8. The maximum Gasteiger partial charge on any atom is 0.407 e. The zero-order valence-electron chi connectivity index (χ0n) is 28.6. The minimum absolute atomic E-state index is 0.0507. The van der Waals surface area contributed by atoms with Crippen LogP contribution in [-0.4, -0.2) is 111 Å². The Balaban J connectivity index is 1.00. The lowest BCUT2D eigenvalue weighted by molar-refractivity contribution is -0.145. The van der Waals surface area contributed by atoms with Crippen molar-refractivity contribution in [2.24, 2.45) is 0 Å². The van der Waals surface area contributed by atoms with E-state index in [9.17, 15) is 9.59 Å². The van der Waals surface area contributed by atoms with Gasteiger partial charge in [0, 0.05) is 25.5 Å². The van der Waals surface area contributed by atoms with Crippen molar-refractivity contribution in [1.29, 1.82) is 0 Å². The molecule has 1 N–H and O–H groups in total. The van der Waals surface area contributed by atoms with Gasteiger partial charge in [-0.3, -0.25) is 4.79 Å². The largest absolute Gasteiger partial charge is 0.463 e. The summed E-state index contributed by atoms with van der Waals surface area (Å²) in [6.45, 7) is 8.85. The van der Waals surface area contributed by atoms with Gasteiger partial charge in [0.15, 0.2) is 0 Å². The van der Waals surface area contributed by atoms with Gasteiger partial charge in [-0.2, -0.15) is 0 Å². The van der Waals surface area contributed by atoms with Crippen LogP contribution in [0.3, 0.4) is 0 Å². The van der Waals surface area contributed by atoms with E-state index in [1.807, 2.05) is 24.3 Å². The Morgan fingerprint density at radius 2 is 1.04 bits per heavy atom. The predicted octanol–water partition coefficient (Wildman–Crippen LogP) is 5.53. The second-order valence-corrected chi connectivity index (χ2v) is 11.3. The van der Waals surface area contributed by atoms with E-state index in [2.05, 4.69) is 36.5 Å². The molecule has 11 nitrogen and oxygen atoms in total. The van der Waals surface area contributed by atoms with Crippen LogP contribution in [0.25, 0.3) is 11.1 Å². The summed E-state index contributed by atoms with van der Waals surface area (Å²) in [7, 11) is 0. The highest BCUT2D eigenvalue weighted by Gasteiger charge is 2.28. The summed E-state index contributed by atoms with van der Waals surface area (Å²) >= 11 is 0. The van der Waals surface area contributed by atoms with Crippen molar-refractivity contribution in [3.63, 3.8) is 0 Å². The van der Waals surface area contributed by atoms with Crippen molar-refractivity contribution >= 4 is 12.1 Å². The zero-order valence-corrected chi connectivity index (χ0v) is 28.6. The Kier molecular flexibility index (Phi) is 21.2. The van der Waals surface area contributed by atoms with E-state index < -0.39 is 6.09 Å². The molecule has 0 saturated heterocycles. The summed E-state index contributed by atoms with van der Waals surface area (Å²) in [5, 5.41) is 2.80. The quantitative estimate of drug-likeness (QED) is 0.0872. The molecule has 2 aromatic carbocycles. The minimum Gasteiger partial charge on any atom is -0.463 e. The highest BCUT2D eigenvalue weighted by atomic mass is 16.6. The average Bonchev–Trinajstić information content (AvgIpc) is 3.43. The van der Waals surface area contributed by atoms with Crippen LogP contribution in [0.15, 0.2) is 48.5 Å². The van der Waals surface area contributed by atoms with Crippen LogP contribution in [0.5, 0.6) is 0 Å². The predicted molar refractivity (Wildman–Crippen MR) is 182 cm³/mol. The number of amides is 1. The molecule has 1 aliphatic carbocycles. The number of esters is 1. The van der Waals surface area contributed by atoms with Crippen molar-refractivity contribution in [1.82, 2.24) is 5.32 Å². The summed E-state index contributed by atoms with van der Waals surface area (Å²) < 4.78 is 43.6. The molecular formula is C37H55NO10. The van der Waals surface area contributed by atoms with E-state index >= 15 is 0 Å². The molecule has 1 amide bonds. The number of ether oxygens (including phenoxy) is 8. The number of fused-ring (bicyclic) bond motifs is 3. The minimum atomic E-state index is -0.415. The van der Waals surface area contributed by atoms with E-state index in [0.29, 0.717) is 105 Å². The van der Waals surface area contributed by atoms with E-state index in [4.69, 9.17) is 37.9 Å². The smallest absolute Gasteiger partial charge is 0.407 e. The van der Waals surface area contributed by atoms with Gasteiger partial charge in [-0.25, -0.2) is 4.79 Å². The maximum atomic E-state index is 12.2. The van der Waals surface area contributed by atoms with Crippen LogP contribution in [-0.2, 0) is 42.7 Å². The van der Waals surface area contributed by atoms with Crippen molar-refractivity contribution in [3.05, 3.63) is 59.7 Å². The van der Waals surface area contributed by atoms with Crippen molar-refractivity contribution < 1.29 is 47.5 Å². The molecule has 0 unspecified atom stereocenters. The van der Waals surface area contributed by atoms with E-state index in [1.54, 1.807) is 0 Å². The fraction of sp³-hybridized carbons (Fsp3) is 0.622. The molecule has 1 aliphatic rings. The number of hydrogen-bond acceptors (Lipinski definition) is 10. The second kappa shape index (κ2) is 25.9. The number of benzene rings is 2. The first-order valence-electron chi connectivity index (χ1n) is 17.4. The normalized spacial score (nSPS) is 12.1. The maximum absolute atomic E-state index is 12.2. The Hall–Kier alpha value is -3.06. The molecular weight excluding hydrogens is 618 g/mol. The Bertz CT molecular complexity index is 1100. The van der Waals surface area contributed by atoms with E-state index in [-0.39, 0.29) is 18.5 Å². The number of carbonyl (C=O) groups excluding carboxylic acids is 2. The fourth-order valence-electron chi connectivity index (χ4n) is 5.20. The number of rotatable bonds is 29. The summed E-state index contributed by atoms with van der Waals surface area (Å²) in [6, 6.07) is 16.6. The topological polar surface area (TPSA) is 120 Å². The van der Waals surface area contributed by atoms with Gasteiger partial charge in [0.1, 0.15) is 13.2 Å². The molecule has 0 spiro atoms. The number of hydrogen-bond donors (Lipinski definition) is 1. The van der Waals surface area contributed by atoms with Crippen molar-refractivity contribution in [2.45, 2.75) is 51.4 Å². The summed E-state index contributed by atoms with van der Waals surface area (Å²) in [6.07, 6.45) is 5.01. The van der Waals surface area contributed by atoms with Gasteiger partial charge in [0.05, 0.1) is 72.7 Å². The van der Waals surface area contributed by atoms with Gasteiger partial charge in [-0.15, -0.1) is 0 Å². The Morgan fingerprint density at radius 3 is 1.56 bits per heavy atom. The number of nitrogens with one attached hydrogen (secondary N) is 1. The molecule has 11 heteroatoms. The van der Waals surface area contributed by atoms with Gasteiger partial charge < -0.3 is 43.2 Å². The highest BCUT2D eigenvalue weighted by Crippen LogP contribution is 2.44. The van der Waals surface area contributed by atoms with Crippen LogP contribution in [0, 0.1) is 0 Å². The molecule has 0 radical (unpaired) electrons. The number of unbranched alkanes of at least 4 members (excludes halogenated alkanes) is 3. The van der Waals surface area contributed by atoms with E-state index in [0.717, 1.165) is 25.7 Å². The third-order valence-electron chi connectivity index (χ3n) is 7.66. The van der Waals surface area contributed by atoms with Crippen LogP contribution in [0.4, 0.5) is 4.79 Å². The van der Waals surface area contributed by atoms with E-state index in [1.165, 1.54) is 22.3 Å². The molecule has 268 valence electrons. The first-order chi connectivity index (χ1) is 23.7. The molecule has 0 bridgehead atoms. The molecule has 0 fully saturated rings. The Morgan fingerprint density at radius 1 is 0.562 bits per heavy atom. The second-order valence-electron chi connectivity index (χ2n) is 11.3. The SMILES string of the molecule is CCCCCCC(=O)OCCOCCOCCOCCOCCOCCOCCCNC(=O)OCC1c2ccccc2-c2ccccc21. The zero-order chi connectivity index (χ0) is 33.9. The first-order valence-corrected chi connectivity index (χ1v) is 17.4. The first kappa shape index (κ1) is 39.4. The van der Waals surface area contributed by atoms with Crippen LogP contribution >= 0.6 is 0 Å². The lowest BCUT2D eigenvalue weighted by Crippen LogP contribution is -2.27. The van der Waals surface area contributed by atoms with Crippen LogP contribution in [0.1, 0.15) is 62.5 Å². The van der Waals surface area contributed by atoms with Gasteiger partial charge in [-0.1, -0.05) is 74.7 Å². The van der Waals surface area contributed by atoms with Gasteiger partial charge in [0.2, 0.25) is 0 Å². The molecule has 0 aliphatic heterocycles. The van der Waals surface area contributed by atoms with Crippen molar-refractivity contribution in [2.75, 3.05) is 99.0 Å². The molecule has 0 saturated carbocycles. The summed E-state index contributed by atoms with van der Waals surface area (Å²) in [5.74, 6) is -0.105. The molecule has 3 rings (SSSR count). The fourth-order valence-corrected chi connectivity index (χ4v) is 5.20.